The van der Waals surface area contributed by atoms with Crippen LogP contribution in [-0.2, 0) is 11.2 Å². The third kappa shape index (κ3) is 3.45. The molecule has 0 aliphatic rings. The van der Waals surface area contributed by atoms with Gasteiger partial charge < -0.3 is 9.84 Å². The van der Waals surface area contributed by atoms with Gasteiger partial charge in [0, 0.05) is 10.9 Å². The summed E-state index contributed by atoms with van der Waals surface area (Å²) in [5.74, 6) is 0.514. The zero-order chi connectivity index (χ0) is 14.7. The molecular weight excluding hydrogens is 274 g/mol. The predicted molar refractivity (Wildman–Crippen MR) is 77.7 cm³/mol. The summed E-state index contributed by atoms with van der Waals surface area (Å²) in [6, 6.07) is 1.74. The number of amides is 1. The van der Waals surface area contributed by atoms with Crippen LogP contribution >= 0.6 is 11.3 Å². The summed E-state index contributed by atoms with van der Waals surface area (Å²) in [7, 11) is 0. The van der Waals surface area contributed by atoms with Gasteiger partial charge in [0.15, 0.2) is 0 Å². The average molecular weight is 293 g/mol. The standard InChI is InChI=1S/C14H19N3O2S/c1-5-12(14-15-9(3)10(4)20-14)16-13(18)7-11-6-8(2)17-19-11/h6,12H,5,7H2,1-4H3,(H,16,18). The molecule has 20 heavy (non-hydrogen) atoms. The van der Waals surface area contributed by atoms with Gasteiger partial charge in [-0.1, -0.05) is 12.1 Å². The number of nitrogens with one attached hydrogen (secondary N) is 1. The van der Waals surface area contributed by atoms with Crippen LogP contribution < -0.4 is 5.32 Å². The lowest BCUT2D eigenvalue weighted by Gasteiger charge is -2.13. The van der Waals surface area contributed by atoms with Crippen LogP contribution in [0.1, 0.15) is 46.4 Å². The molecule has 2 rings (SSSR count). The molecule has 0 aromatic carbocycles. The average Bonchev–Trinajstić information content (AvgIpc) is 2.93. The van der Waals surface area contributed by atoms with Gasteiger partial charge in [0.05, 0.1) is 23.9 Å². The number of aryl methyl sites for hydroxylation is 3. The fraction of sp³-hybridized carbons (Fsp3) is 0.500. The quantitative estimate of drug-likeness (QED) is 0.920. The van der Waals surface area contributed by atoms with E-state index >= 15 is 0 Å². The highest BCUT2D eigenvalue weighted by Crippen LogP contribution is 2.24. The van der Waals surface area contributed by atoms with E-state index in [4.69, 9.17) is 4.52 Å². The number of nitrogens with zero attached hydrogens (tertiary/aromatic N) is 2. The highest BCUT2D eigenvalue weighted by Gasteiger charge is 2.18. The fourth-order valence-corrected chi connectivity index (χ4v) is 2.95. The molecule has 0 bridgehead atoms. The molecular formula is C14H19N3O2S. The van der Waals surface area contributed by atoms with Gasteiger partial charge in [-0.05, 0) is 27.2 Å². The molecule has 2 aromatic rings. The van der Waals surface area contributed by atoms with Crippen molar-refractivity contribution in [1.82, 2.24) is 15.5 Å². The Bertz CT molecular complexity index is 584. The van der Waals surface area contributed by atoms with Crippen LogP contribution in [0.4, 0.5) is 0 Å². The number of aromatic nitrogens is 2. The Morgan fingerprint density at radius 3 is 2.70 bits per heavy atom. The van der Waals surface area contributed by atoms with Crippen molar-refractivity contribution in [3.63, 3.8) is 0 Å². The van der Waals surface area contributed by atoms with Crippen molar-refractivity contribution in [3.05, 3.63) is 33.1 Å². The van der Waals surface area contributed by atoms with Crippen molar-refractivity contribution >= 4 is 17.2 Å². The van der Waals surface area contributed by atoms with Crippen molar-refractivity contribution in [2.24, 2.45) is 0 Å². The topological polar surface area (TPSA) is 68.0 Å². The second-order valence-corrected chi connectivity index (χ2v) is 6.07. The van der Waals surface area contributed by atoms with Gasteiger partial charge >= 0.3 is 0 Å². The normalized spacial score (nSPS) is 12.4. The maximum Gasteiger partial charge on any atom is 0.228 e. The van der Waals surface area contributed by atoms with Crippen molar-refractivity contribution in [1.29, 1.82) is 0 Å². The van der Waals surface area contributed by atoms with E-state index in [0.29, 0.717) is 5.76 Å². The minimum atomic E-state index is -0.0708. The van der Waals surface area contributed by atoms with Gasteiger partial charge in [-0.25, -0.2) is 4.98 Å². The predicted octanol–water partition coefficient (Wildman–Crippen LogP) is 2.87. The summed E-state index contributed by atoms with van der Waals surface area (Å²) in [5.41, 5.74) is 1.81. The molecule has 0 saturated heterocycles. The molecule has 1 atom stereocenters. The molecule has 1 N–H and O–H groups in total. The van der Waals surface area contributed by atoms with Crippen LogP contribution in [0, 0.1) is 20.8 Å². The maximum absolute atomic E-state index is 12.0. The molecule has 0 fully saturated rings. The minimum absolute atomic E-state index is 0.0380. The second-order valence-electron chi connectivity index (χ2n) is 4.83. The molecule has 2 heterocycles. The Morgan fingerprint density at radius 2 is 2.20 bits per heavy atom. The Labute approximate surface area is 122 Å². The summed E-state index contributed by atoms with van der Waals surface area (Å²) in [5, 5.41) is 7.74. The van der Waals surface area contributed by atoms with E-state index in [2.05, 4.69) is 15.5 Å². The molecule has 1 amide bonds. The molecule has 6 heteroatoms. The first-order valence-electron chi connectivity index (χ1n) is 6.65. The van der Waals surface area contributed by atoms with E-state index in [9.17, 15) is 4.79 Å². The molecule has 0 spiro atoms. The molecule has 5 nitrogen and oxygen atoms in total. The Balaban J connectivity index is 2.00. The Hall–Kier alpha value is -1.69. The molecule has 0 saturated carbocycles. The van der Waals surface area contributed by atoms with Crippen LogP contribution in [-0.4, -0.2) is 16.0 Å². The largest absolute Gasteiger partial charge is 0.361 e. The lowest BCUT2D eigenvalue weighted by Crippen LogP contribution is -2.29. The van der Waals surface area contributed by atoms with Crippen molar-refractivity contribution in [2.45, 2.75) is 46.6 Å². The number of carbonyl (C=O) groups is 1. The van der Waals surface area contributed by atoms with Crippen molar-refractivity contribution < 1.29 is 9.32 Å². The van der Waals surface area contributed by atoms with E-state index in [1.54, 1.807) is 17.4 Å². The first kappa shape index (κ1) is 14.7. The first-order chi connectivity index (χ1) is 9.49. The van der Waals surface area contributed by atoms with E-state index < -0.39 is 0 Å². The van der Waals surface area contributed by atoms with Crippen LogP contribution in [0.15, 0.2) is 10.6 Å². The zero-order valence-corrected chi connectivity index (χ0v) is 13.0. The highest BCUT2D eigenvalue weighted by atomic mass is 32.1. The lowest BCUT2D eigenvalue weighted by molar-refractivity contribution is -0.121. The summed E-state index contributed by atoms with van der Waals surface area (Å²) >= 11 is 1.64. The minimum Gasteiger partial charge on any atom is -0.361 e. The number of hydrogen-bond donors (Lipinski definition) is 1. The fourth-order valence-electron chi connectivity index (χ4n) is 1.89. The van der Waals surface area contributed by atoms with E-state index in [1.165, 1.54) is 4.88 Å². The second kappa shape index (κ2) is 6.17. The molecule has 1 unspecified atom stereocenters. The van der Waals surface area contributed by atoms with Crippen molar-refractivity contribution in [3.8, 4) is 0 Å². The van der Waals surface area contributed by atoms with Gasteiger partial charge in [0.1, 0.15) is 10.8 Å². The van der Waals surface area contributed by atoms with Crippen LogP contribution in [0.5, 0.6) is 0 Å². The zero-order valence-electron chi connectivity index (χ0n) is 12.2. The molecule has 2 aromatic heterocycles. The molecule has 108 valence electrons. The highest BCUT2D eigenvalue weighted by molar-refractivity contribution is 7.11. The van der Waals surface area contributed by atoms with Crippen LogP contribution in [0.25, 0.3) is 0 Å². The summed E-state index contributed by atoms with van der Waals surface area (Å²) in [4.78, 5) is 17.7. The molecule has 0 radical (unpaired) electrons. The van der Waals surface area contributed by atoms with Gasteiger partial charge in [-0.3, -0.25) is 4.79 Å². The summed E-state index contributed by atoms with van der Waals surface area (Å²) in [6.45, 7) is 7.90. The van der Waals surface area contributed by atoms with E-state index in [0.717, 1.165) is 22.8 Å². The third-order valence-electron chi connectivity index (χ3n) is 3.10. The lowest BCUT2D eigenvalue weighted by atomic mass is 10.2. The maximum atomic E-state index is 12.0. The molecule has 0 aliphatic carbocycles. The van der Waals surface area contributed by atoms with Crippen LogP contribution in [0.3, 0.4) is 0 Å². The Kier molecular flexibility index (Phi) is 4.54. The van der Waals surface area contributed by atoms with Gasteiger partial charge in [-0.15, -0.1) is 11.3 Å². The first-order valence-corrected chi connectivity index (χ1v) is 7.46. The van der Waals surface area contributed by atoms with Crippen molar-refractivity contribution in [2.75, 3.05) is 0 Å². The number of rotatable bonds is 5. The van der Waals surface area contributed by atoms with Gasteiger partial charge in [0.2, 0.25) is 5.91 Å². The van der Waals surface area contributed by atoms with Crippen LogP contribution in [0.2, 0.25) is 0 Å². The van der Waals surface area contributed by atoms with Gasteiger partial charge in [-0.2, -0.15) is 0 Å². The SMILES string of the molecule is CCC(NC(=O)Cc1cc(C)no1)c1nc(C)c(C)s1. The molecule has 0 aliphatic heterocycles. The monoisotopic (exact) mass is 293 g/mol. The Morgan fingerprint density at radius 1 is 1.45 bits per heavy atom. The smallest absolute Gasteiger partial charge is 0.228 e. The number of carbonyl (C=O) groups excluding carboxylic acids is 1. The van der Waals surface area contributed by atoms with E-state index in [-0.39, 0.29) is 18.4 Å². The van der Waals surface area contributed by atoms with Gasteiger partial charge in [0.25, 0.3) is 0 Å². The number of hydrogen-bond acceptors (Lipinski definition) is 5. The number of thiazole rings is 1. The summed E-state index contributed by atoms with van der Waals surface area (Å²) < 4.78 is 5.06. The summed E-state index contributed by atoms with van der Waals surface area (Å²) in [6.07, 6.45) is 1.02. The van der Waals surface area contributed by atoms with E-state index in [1.807, 2.05) is 27.7 Å². The third-order valence-corrected chi connectivity index (χ3v) is 4.28.